The minimum Gasteiger partial charge on any atom is -0.381 e. The Morgan fingerprint density at radius 2 is 2.25 bits per heavy atom. The van der Waals surface area contributed by atoms with Crippen LogP contribution in [0.4, 0.5) is 0 Å². The minimum absolute atomic E-state index is 0.109. The monoisotopic (exact) mass is 218 g/mol. The fourth-order valence-corrected chi connectivity index (χ4v) is 1.35. The van der Waals surface area contributed by atoms with Crippen LogP contribution >= 0.6 is 0 Å². The third-order valence-electron chi connectivity index (χ3n) is 2.19. The van der Waals surface area contributed by atoms with Crippen LogP contribution in [0.1, 0.15) is 24.8 Å². The van der Waals surface area contributed by atoms with Crippen LogP contribution in [0.25, 0.3) is 0 Å². The second kappa shape index (κ2) is 6.70. The van der Waals surface area contributed by atoms with Gasteiger partial charge >= 0.3 is 0 Å². The maximum absolute atomic E-state index is 11.7. The van der Waals surface area contributed by atoms with Gasteiger partial charge < -0.3 is 4.74 Å². The molecule has 0 aliphatic heterocycles. The Morgan fingerprint density at radius 1 is 1.56 bits per heavy atom. The van der Waals surface area contributed by atoms with Gasteiger partial charge in [-0.3, -0.25) is 9.78 Å². The predicted octanol–water partition coefficient (Wildman–Crippen LogP) is 1.68. The number of nitrogens with zero attached hydrogens (tertiary/aromatic N) is 2. The largest absolute Gasteiger partial charge is 0.381 e. The van der Waals surface area contributed by atoms with Crippen LogP contribution in [0.3, 0.4) is 0 Å². The topological polar surface area (TPSA) is 63.0 Å². The van der Waals surface area contributed by atoms with Crippen molar-refractivity contribution in [3.63, 3.8) is 0 Å². The van der Waals surface area contributed by atoms with Crippen LogP contribution in [-0.4, -0.2) is 24.0 Å². The Morgan fingerprint density at radius 3 is 2.81 bits per heavy atom. The lowest BCUT2D eigenvalue weighted by Crippen LogP contribution is -2.13. The SMILES string of the molecule is CCOCCC(=O)C(C#N)c1ccncc1. The van der Waals surface area contributed by atoms with E-state index in [9.17, 15) is 4.79 Å². The van der Waals surface area contributed by atoms with Crippen molar-refractivity contribution in [2.75, 3.05) is 13.2 Å². The lowest BCUT2D eigenvalue weighted by atomic mass is 9.95. The molecule has 0 radical (unpaired) electrons. The van der Waals surface area contributed by atoms with E-state index in [0.717, 1.165) is 0 Å². The second-order valence-corrected chi connectivity index (χ2v) is 3.26. The first-order valence-corrected chi connectivity index (χ1v) is 5.19. The number of aromatic nitrogens is 1. The molecule has 0 bridgehead atoms. The van der Waals surface area contributed by atoms with Crippen LogP contribution in [0, 0.1) is 11.3 Å². The normalized spacial score (nSPS) is 11.8. The van der Waals surface area contributed by atoms with E-state index in [1.54, 1.807) is 24.5 Å². The zero-order valence-corrected chi connectivity index (χ0v) is 9.22. The summed E-state index contributed by atoms with van der Waals surface area (Å²) in [5.74, 6) is -0.814. The van der Waals surface area contributed by atoms with E-state index in [-0.39, 0.29) is 12.2 Å². The van der Waals surface area contributed by atoms with Crippen molar-refractivity contribution in [2.45, 2.75) is 19.3 Å². The molecule has 0 spiro atoms. The van der Waals surface area contributed by atoms with Crippen LogP contribution in [0.15, 0.2) is 24.5 Å². The van der Waals surface area contributed by atoms with E-state index in [4.69, 9.17) is 10.00 Å². The van der Waals surface area contributed by atoms with Gasteiger partial charge in [0.25, 0.3) is 0 Å². The number of rotatable bonds is 6. The number of ketones is 1. The Bertz CT molecular complexity index is 370. The Kier molecular flexibility index (Phi) is 5.17. The molecular weight excluding hydrogens is 204 g/mol. The minimum atomic E-state index is -0.705. The number of ether oxygens (including phenoxy) is 1. The maximum atomic E-state index is 11.7. The molecule has 4 nitrogen and oxygen atoms in total. The zero-order valence-electron chi connectivity index (χ0n) is 9.22. The highest BCUT2D eigenvalue weighted by molar-refractivity contribution is 5.88. The van der Waals surface area contributed by atoms with E-state index < -0.39 is 5.92 Å². The number of hydrogen-bond donors (Lipinski definition) is 0. The van der Waals surface area contributed by atoms with Crippen molar-refractivity contribution in [2.24, 2.45) is 0 Å². The number of carbonyl (C=O) groups excluding carboxylic acids is 1. The molecule has 1 heterocycles. The van der Waals surface area contributed by atoms with E-state index in [1.165, 1.54) is 0 Å². The average molecular weight is 218 g/mol. The third-order valence-corrected chi connectivity index (χ3v) is 2.19. The molecule has 1 atom stereocenters. The van der Waals surface area contributed by atoms with Gasteiger partial charge in [-0.05, 0) is 24.6 Å². The molecule has 0 amide bonds. The summed E-state index contributed by atoms with van der Waals surface area (Å²) in [5, 5.41) is 8.97. The van der Waals surface area contributed by atoms with Crippen molar-refractivity contribution >= 4 is 5.78 Å². The van der Waals surface area contributed by atoms with Gasteiger partial charge in [0.15, 0.2) is 5.78 Å². The summed E-state index contributed by atoms with van der Waals surface area (Å²) < 4.78 is 5.09. The molecule has 1 aromatic heterocycles. The number of nitriles is 1. The van der Waals surface area contributed by atoms with E-state index in [0.29, 0.717) is 18.8 Å². The molecule has 1 unspecified atom stereocenters. The standard InChI is InChI=1S/C12H14N2O2/c1-2-16-8-5-12(15)11(9-13)10-3-6-14-7-4-10/h3-4,6-7,11H,2,5,8H2,1H3. The number of hydrogen-bond acceptors (Lipinski definition) is 4. The third kappa shape index (κ3) is 3.44. The summed E-state index contributed by atoms with van der Waals surface area (Å²) in [6.07, 6.45) is 3.43. The molecule has 0 saturated carbocycles. The van der Waals surface area contributed by atoms with Crippen molar-refractivity contribution in [1.29, 1.82) is 5.26 Å². The van der Waals surface area contributed by atoms with Gasteiger partial charge in [0.05, 0.1) is 12.7 Å². The molecule has 84 valence electrons. The van der Waals surface area contributed by atoms with Crippen molar-refractivity contribution < 1.29 is 9.53 Å². The molecule has 0 aromatic carbocycles. The van der Waals surface area contributed by atoms with Gasteiger partial charge in [0.1, 0.15) is 5.92 Å². The van der Waals surface area contributed by atoms with Crippen LogP contribution < -0.4 is 0 Å². The lowest BCUT2D eigenvalue weighted by molar-refractivity contribution is -0.120. The van der Waals surface area contributed by atoms with Crippen molar-refractivity contribution in [3.8, 4) is 6.07 Å². The maximum Gasteiger partial charge on any atom is 0.156 e. The molecule has 0 aliphatic carbocycles. The Hall–Kier alpha value is -1.73. The highest BCUT2D eigenvalue weighted by Gasteiger charge is 2.19. The van der Waals surface area contributed by atoms with E-state index in [2.05, 4.69) is 4.98 Å². The second-order valence-electron chi connectivity index (χ2n) is 3.26. The highest BCUT2D eigenvalue weighted by Crippen LogP contribution is 2.16. The molecule has 0 N–H and O–H groups in total. The average Bonchev–Trinajstić information content (AvgIpc) is 2.32. The van der Waals surface area contributed by atoms with Gasteiger partial charge in [-0.1, -0.05) is 0 Å². The molecule has 16 heavy (non-hydrogen) atoms. The molecule has 4 heteroatoms. The van der Waals surface area contributed by atoms with E-state index in [1.807, 2.05) is 13.0 Å². The summed E-state index contributed by atoms with van der Waals surface area (Å²) in [5.41, 5.74) is 0.694. The Labute approximate surface area is 94.9 Å². The van der Waals surface area contributed by atoms with Crippen molar-refractivity contribution in [1.82, 2.24) is 4.98 Å². The molecule has 0 saturated heterocycles. The van der Waals surface area contributed by atoms with Crippen molar-refractivity contribution in [3.05, 3.63) is 30.1 Å². The lowest BCUT2D eigenvalue weighted by Gasteiger charge is -2.07. The Balaban J connectivity index is 2.62. The van der Waals surface area contributed by atoms with Gasteiger partial charge in [0, 0.05) is 25.4 Å². The molecule has 0 fully saturated rings. The van der Waals surface area contributed by atoms with Crippen LogP contribution in [-0.2, 0) is 9.53 Å². The first-order valence-electron chi connectivity index (χ1n) is 5.19. The van der Waals surface area contributed by atoms with Crippen LogP contribution in [0.2, 0.25) is 0 Å². The fourth-order valence-electron chi connectivity index (χ4n) is 1.35. The predicted molar refractivity (Wildman–Crippen MR) is 58.7 cm³/mol. The zero-order chi connectivity index (χ0) is 11.8. The molecule has 1 rings (SSSR count). The highest BCUT2D eigenvalue weighted by atomic mass is 16.5. The first kappa shape index (κ1) is 12.3. The van der Waals surface area contributed by atoms with Gasteiger partial charge in [-0.15, -0.1) is 0 Å². The summed E-state index contributed by atoms with van der Waals surface area (Å²) in [7, 11) is 0. The van der Waals surface area contributed by atoms with Gasteiger partial charge in [-0.2, -0.15) is 5.26 Å². The number of carbonyl (C=O) groups is 1. The smallest absolute Gasteiger partial charge is 0.156 e. The van der Waals surface area contributed by atoms with Crippen LogP contribution in [0.5, 0.6) is 0 Å². The molecular formula is C12H14N2O2. The van der Waals surface area contributed by atoms with Gasteiger partial charge in [-0.25, -0.2) is 0 Å². The summed E-state index contributed by atoms with van der Waals surface area (Å²) in [4.78, 5) is 15.6. The molecule has 1 aromatic rings. The summed E-state index contributed by atoms with van der Waals surface area (Å²) >= 11 is 0. The summed E-state index contributed by atoms with van der Waals surface area (Å²) in [6, 6.07) is 5.39. The number of Topliss-reactive ketones (excluding diaryl/α,β-unsaturated/α-hetero) is 1. The number of pyridine rings is 1. The van der Waals surface area contributed by atoms with E-state index >= 15 is 0 Å². The first-order chi connectivity index (χ1) is 7.79. The fraction of sp³-hybridized carbons (Fsp3) is 0.417. The molecule has 0 aliphatic rings. The van der Waals surface area contributed by atoms with Gasteiger partial charge in [0.2, 0.25) is 0 Å². The quantitative estimate of drug-likeness (QED) is 0.681. The summed E-state index contributed by atoms with van der Waals surface area (Å²) in [6.45, 7) is 2.83.